The Morgan fingerprint density at radius 2 is 1.83 bits per heavy atom. The third-order valence-corrected chi connectivity index (χ3v) is 6.09. The van der Waals surface area contributed by atoms with E-state index in [2.05, 4.69) is 0 Å². The third-order valence-electron chi connectivity index (χ3n) is 6.09. The zero-order chi connectivity index (χ0) is 21.4. The number of aryl methyl sites for hydroxylation is 1. The van der Waals surface area contributed by atoms with Crippen molar-refractivity contribution >= 4 is 17.4 Å². The lowest BCUT2D eigenvalue weighted by Gasteiger charge is -2.31. The van der Waals surface area contributed by atoms with Crippen LogP contribution in [0.1, 0.15) is 48.4 Å². The standard InChI is InChI=1S/C24H24FNO4/c1-14-13-16(30-2)11-12-17(14)22(27)20-21(18-9-5-6-10-19(18)25)26(24(29)23(20)28)15-7-3-4-8-15/h5-6,9-13,15,21,27H,3-4,7-8H2,1-2H3/b22-20+. The molecule has 1 aliphatic heterocycles. The second-order valence-electron chi connectivity index (χ2n) is 7.85. The first-order valence-corrected chi connectivity index (χ1v) is 10.1. The summed E-state index contributed by atoms with van der Waals surface area (Å²) in [7, 11) is 1.54. The van der Waals surface area contributed by atoms with Gasteiger partial charge >= 0.3 is 0 Å². The number of aliphatic hydroxyl groups is 1. The number of hydrogen-bond donors (Lipinski definition) is 1. The number of nitrogens with zero attached hydrogens (tertiary/aromatic N) is 1. The minimum absolute atomic E-state index is 0.0646. The zero-order valence-electron chi connectivity index (χ0n) is 17.0. The van der Waals surface area contributed by atoms with Gasteiger partial charge in [0.05, 0.1) is 18.7 Å². The molecule has 0 radical (unpaired) electrons. The van der Waals surface area contributed by atoms with E-state index >= 15 is 0 Å². The van der Waals surface area contributed by atoms with Crippen LogP contribution < -0.4 is 4.74 Å². The van der Waals surface area contributed by atoms with Crippen LogP contribution in [0.25, 0.3) is 5.76 Å². The highest BCUT2D eigenvalue weighted by molar-refractivity contribution is 6.46. The molecule has 1 saturated heterocycles. The lowest BCUT2D eigenvalue weighted by molar-refractivity contribution is -0.141. The van der Waals surface area contributed by atoms with Gasteiger partial charge in [-0.25, -0.2) is 4.39 Å². The van der Waals surface area contributed by atoms with Crippen LogP contribution in [0.2, 0.25) is 0 Å². The maximum atomic E-state index is 14.8. The predicted octanol–water partition coefficient (Wildman–Crippen LogP) is 4.51. The first kappa shape index (κ1) is 20.1. The van der Waals surface area contributed by atoms with Crippen LogP contribution in [-0.4, -0.2) is 34.8 Å². The van der Waals surface area contributed by atoms with E-state index in [1.165, 1.54) is 11.0 Å². The topological polar surface area (TPSA) is 66.8 Å². The molecule has 2 aromatic rings. The zero-order valence-corrected chi connectivity index (χ0v) is 17.0. The number of halogens is 1. The second kappa shape index (κ2) is 7.94. The van der Waals surface area contributed by atoms with Crippen LogP contribution >= 0.6 is 0 Å². The van der Waals surface area contributed by atoms with E-state index in [4.69, 9.17) is 4.74 Å². The van der Waals surface area contributed by atoms with Crippen LogP contribution in [0.4, 0.5) is 4.39 Å². The number of aliphatic hydroxyl groups excluding tert-OH is 1. The molecule has 2 aromatic carbocycles. The normalized spacial score (nSPS) is 21.4. The van der Waals surface area contributed by atoms with E-state index in [0.29, 0.717) is 16.9 Å². The largest absolute Gasteiger partial charge is 0.507 e. The first-order valence-electron chi connectivity index (χ1n) is 10.1. The Morgan fingerprint density at radius 3 is 2.47 bits per heavy atom. The van der Waals surface area contributed by atoms with Gasteiger partial charge in [-0.2, -0.15) is 0 Å². The summed E-state index contributed by atoms with van der Waals surface area (Å²) < 4.78 is 20.0. The van der Waals surface area contributed by atoms with Crippen molar-refractivity contribution in [1.29, 1.82) is 0 Å². The molecular weight excluding hydrogens is 385 g/mol. The Labute approximate surface area is 174 Å². The summed E-state index contributed by atoms with van der Waals surface area (Å²) in [6.45, 7) is 1.78. The van der Waals surface area contributed by atoms with E-state index in [1.54, 1.807) is 50.4 Å². The quantitative estimate of drug-likeness (QED) is 0.458. The Bertz CT molecular complexity index is 1040. The minimum atomic E-state index is -0.948. The van der Waals surface area contributed by atoms with Crippen LogP contribution in [0.3, 0.4) is 0 Å². The number of ketones is 1. The molecule has 2 aliphatic rings. The maximum Gasteiger partial charge on any atom is 0.295 e. The number of likely N-dealkylation sites (tertiary alicyclic amines) is 1. The molecule has 2 fully saturated rings. The second-order valence-corrected chi connectivity index (χ2v) is 7.85. The summed E-state index contributed by atoms with van der Waals surface area (Å²) in [6.07, 6.45) is 3.43. The van der Waals surface area contributed by atoms with E-state index in [-0.39, 0.29) is 22.9 Å². The van der Waals surface area contributed by atoms with Gasteiger partial charge in [0.1, 0.15) is 17.3 Å². The van der Waals surface area contributed by atoms with Crippen molar-refractivity contribution in [1.82, 2.24) is 4.90 Å². The fourth-order valence-corrected chi connectivity index (χ4v) is 4.59. The summed E-state index contributed by atoms with van der Waals surface area (Å²) in [5, 5.41) is 11.2. The highest BCUT2D eigenvalue weighted by Crippen LogP contribution is 2.44. The lowest BCUT2D eigenvalue weighted by Crippen LogP contribution is -2.38. The summed E-state index contributed by atoms with van der Waals surface area (Å²) in [5.41, 5.74) is 1.26. The molecular formula is C24H24FNO4. The molecule has 1 saturated carbocycles. The number of carbonyl (C=O) groups excluding carboxylic acids is 2. The molecule has 1 amide bonds. The predicted molar refractivity (Wildman–Crippen MR) is 111 cm³/mol. The fraction of sp³-hybridized carbons (Fsp3) is 0.333. The van der Waals surface area contributed by atoms with Gasteiger partial charge in [-0.05, 0) is 49.6 Å². The molecule has 6 heteroatoms. The molecule has 0 bridgehead atoms. The molecule has 156 valence electrons. The Kier molecular flexibility index (Phi) is 5.33. The van der Waals surface area contributed by atoms with Gasteiger partial charge in [0.15, 0.2) is 0 Å². The lowest BCUT2D eigenvalue weighted by atomic mass is 9.93. The molecule has 1 atom stereocenters. The highest BCUT2D eigenvalue weighted by atomic mass is 19.1. The molecule has 1 aliphatic carbocycles. The molecule has 0 aromatic heterocycles. The van der Waals surface area contributed by atoms with E-state index in [0.717, 1.165) is 25.7 Å². The SMILES string of the molecule is COc1ccc(/C(O)=C2\C(=O)C(=O)N(C3CCCC3)C2c2ccccc2F)c(C)c1. The van der Waals surface area contributed by atoms with Crippen LogP contribution in [0.15, 0.2) is 48.0 Å². The fourth-order valence-electron chi connectivity index (χ4n) is 4.59. The van der Waals surface area contributed by atoms with Crippen molar-refractivity contribution in [2.45, 2.75) is 44.7 Å². The van der Waals surface area contributed by atoms with Crippen molar-refractivity contribution in [3.8, 4) is 5.75 Å². The summed E-state index contributed by atoms with van der Waals surface area (Å²) in [6, 6.07) is 10.1. The summed E-state index contributed by atoms with van der Waals surface area (Å²) in [4.78, 5) is 27.6. The molecule has 0 spiro atoms. The molecule has 1 N–H and O–H groups in total. The van der Waals surface area contributed by atoms with Crippen molar-refractivity contribution < 1.29 is 23.8 Å². The van der Waals surface area contributed by atoms with E-state index in [9.17, 15) is 19.1 Å². The van der Waals surface area contributed by atoms with E-state index < -0.39 is 23.5 Å². The van der Waals surface area contributed by atoms with Crippen LogP contribution in [-0.2, 0) is 9.59 Å². The van der Waals surface area contributed by atoms with Gasteiger partial charge in [0.2, 0.25) is 0 Å². The Morgan fingerprint density at radius 1 is 1.13 bits per heavy atom. The van der Waals surface area contributed by atoms with Crippen molar-refractivity contribution in [2.24, 2.45) is 0 Å². The average molecular weight is 409 g/mol. The number of rotatable bonds is 4. The average Bonchev–Trinajstić information content (AvgIpc) is 3.35. The number of carbonyl (C=O) groups is 2. The van der Waals surface area contributed by atoms with Crippen LogP contribution in [0, 0.1) is 12.7 Å². The van der Waals surface area contributed by atoms with Gasteiger partial charge in [0, 0.05) is 17.2 Å². The third kappa shape index (κ3) is 3.26. The minimum Gasteiger partial charge on any atom is -0.507 e. The number of methoxy groups -OCH3 is 1. The number of ether oxygens (including phenoxy) is 1. The number of benzene rings is 2. The smallest absolute Gasteiger partial charge is 0.295 e. The number of Topliss-reactive ketones (excluding diaryl/α,β-unsaturated/α-hetero) is 1. The summed E-state index contributed by atoms with van der Waals surface area (Å²) >= 11 is 0. The molecule has 4 rings (SSSR count). The first-order chi connectivity index (χ1) is 14.4. The summed E-state index contributed by atoms with van der Waals surface area (Å²) in [5.74, 6) is -1.64. The van der Waals surface area contributed by atoms with Crippen molar-refractivity contribution in [3.63, 3.8) is 0 Å². The van der Waals surface area contributed by atoms with Gasteiger partial charge in [0.25, 0.3) is 11.7 Å². The van der Waals surface area contributed by atoms with Crippen LogP contribution in [0.5, 0.6) is 5.75 Å². The molecule has 5 nitrogen and oxygen atoms in total. The van der Waals surface area contributed by atoms with Gasteiger partial charge in [-0.3, -0.25) is 9.59 Å². The van der Waals surface area contributed by atoms with Gasteiger partial charge in [-0.15, -0.1) is 0 Å². The van der Waals surface area contributed by atoms with Crippen molar-refractivity contribution in [2.75, 3.05) is 7.11 Å². The highest BCUT2D eigenvalue weighted by Gasteiger charge is 2.50. The number of amides is 1. The molecule has 30 heavy (non-hydrogen) atoms. The number of hydrogen-bond acceptors (Lipinski definition) is 4. The van der Waals surface area contributed by atoms with Gasteiger partial charge in [-0.1, -0.05) is 31.0 Å². The monoisotopic (exact) mass is 409 g/mol. The molecule has 1 unspecified atom stereocenters. The van der Waals surface area contributed by atoms with Gasteiger partial charge < -0.3 is 14.7 Å². The Balaban J connectivity index is 1.92. The van der Waals surface area contributed by atoms with E-state index in [1.807, 2.05) is 0 Å². The maximum absolute atomic E-state index is 14.8. The van der Waals surface area contributed by atoms with Crippen molar-refractivity contribution in [3.05, 3.63) is 70.5 Å². The Hall–Kier alpha value is -3.15. The molecule has 1 heterocycles.